The first-order valence-corrected chi connectivity index (χ1v) is 9.58. The van der Waals surface area contributed by atoms with Gasteiger partial charge < -0.3 is 4.74 Å². The fraction of sp³-hybridized carbons (Fsp3) is 0.409. The minimum absolute atomic E-state index is 0.0598. The normalized spacial score (nSPS) is 15.7. The van der Waals surface area contributed by atoms with Crippen LogP contribution in [0.15, 0.2) is 18.2 Å². The number of carbonyl (C=O) groups is 1. The molecule has 2 aliphatic carbocycles. The van der Waals surface area contributed by atoms with E-state index >= 15 is 0 Å². The van der Waals surface area contributed by atoms with Crippen LogP contribution in [0.3, 0.4) is 0 Å². The van der Waals surface area contributed by atoms with Gasteiger partial charge >= 0.3 is 5.97 Å². The molecule has 1 saturated carbocycles. The molecule has 0 spiro atoms. The molecule has 0 aromatic heterocycles. The van der Waals surface area contributed by atoms with Gasteiger partial charge in [-0.3, -0.25) is 4.79 Å². The van der Waals surface area contributed by atoms with Gasteiger partial charge in [0.2, 0.25) is 5.82 Å². The molecule has 2 aromatic rings. The molecule has 0 unspecified atom stereocenters. The number of halogens is 3. The highest BCUT2D eigenvalue weighted by Crippen LogP contribution is 2.52. The lowest BCUT2D eigenvalue weighted by molar-refractivity contribution is -0.140. The summed E-state index contributed by atoms with van der Waals surface area (Å²) in [6.07, 6.45) is 5.67. The van der Waals surface area contributed by atoms with Gasteiger partial charge in [-0.2, -0.15) is 4.39 Å². The molecule has 0 bridgehead atoms. The molecule has 0 saturated heterocycles. The van der Waals surface area contributed by atoms with Crippen molar-refractivity contribution in [3.63, 3.8) is 0 Å². The highest BCUT2D eigenvalue weighted by atomic mass is 19.2. The lowest BCUT2D eigenvalue weighted by Gasteiger charge is -2.27. The number of esters is 1. The third kappa shape index (κ3) is 2.93. The van der Waals surface area contributed by atoms with E-state index in [1.165, 1.54) is 6.07 Å². The Morgan fingerprint density at radius 1 is 1.00 bits per heavy atom. The number of hydrogen-bond acceptors (Lipinski definition) is 2. The molecule has 0 N–H and O–H groups in total. The Bertz CT molecular complexity index is 915. The Hall–Kier alpha value is -2.30. The molecule has 0 radical (unpaired) electrons. The topological polar surface area (TPSA) is 26.3 Å². The van der Waals surface area contributed by atoms with Gasteiger partial charge in [0, 0.05) is 11.1 Å². The smallest absolute Gasteiger partial charge is 0.314 e. The predicted molar refractivity (Wildman–Crippen MR) is 97.0 cm³/mol. The molecule has 142 valence electrons. The lowest BCUT2D eigenvalue weighted by Crippen LogP contribution is -2.23. The summed E-state index contributed by atoms with van der Waals surface area (Å²) in [5.41, 5.74) is 1.47. The Labute approximate surface area is 156 Å². The van der Waals surface area contributed by atoms with Crippen LogP contribution in [-0.2, 0) is 11.2 Å². The standard InChI is InChI=1S/C22H21F3O2/c1-2-6-12-9-10-14-15-11-16(27-22(26)13-7-4-3-5-8-13)20(24)21(25)18(15)17(14)19(12)23/h9-11,13H,2-8H2,1H3. The van der Waals surface area contributed by atoms with Gasteiger partial charge in [-0.1, -0.05) is 44.7 Å². The predicted octanol–water partition coefficient (Wildman–Crippen LogP) is 6.19. The summed E-state index contributed by atoms with van der Waals surface area (Å²) in [4.78, 5) is 12.3. The van der Waals surface area contributed by atoms with Crippen molar-refractivity contribution < 1.29 is 22.7 Å². The van der Waals surface area contributed by atoms with Crippen LogP contribution in [0.5, 0.6) is 5.75 Å². The third-order valence-electron chi connectivity index (χ3n) is 5.60. The van der Waals surface area contributed by atoms with Gasteiger partial charge in [0.1, 0.15) is 5.82 Å². The van der Waals surface area contributed by atoms with Crippen molar-refractivity contribution in [2.45, 2.75) is 51.9 Å². The molecule has 2 nitrogen and oxygen atoms in total. The molecule has 0 amide bonds. The molecular formula is C22H21F3O2. The van der Waals surface area contributed by atoms with Crippen LogP contribution in [0.2, 0.25) is 0 Å². The quantitative estimate of drug-likeness (QED) is 0.402. The summed E-state index contributed by atoms with van der Waals surface area (Å²) >= 11 is 0. The first-order valence-electron chi connectivity index (χ1n) is 9.58. The van der Waals surface area contributed by atoms with E-state index in [1.54, 1.807) is 12.1 Å². The van der Waals surface area contributed by atoms with E-state index in [9.17, 15) is 18.0 Å². The zero-order valence-electron chi connectivity index (χ0n) is 15.2. The maximum Gasteiger partial charge on any atom is 0.314 e. The van der Waals surface area contributed by atoms with Crippen molar-refractivity contribution in [1.82, 2.24) is 0 Å². The van der Waals surface area contributed by atoms with Crippen molar-refractivity contribution in [2.24, 2.45) is 5.92 Å². The maximum absolute atomic E-state index is 14.7. The Balaban J connectivity index is 1.66. The van der Waals surface area contributed by atoms with E-state index in [0.717, 1.165) is 25.7 Å². The summed E-state index contributed by atoms with van der Waals surface area (Å²) in [6.45, 7) is 1.93. The van der Waals surface area contributed by atoms with Crippen molar-refractivity contribution in [2.75, 3.05) is 0 Å². The number of rotatable bonds is 4. The van der Waals surface area contributed by atoms with Crippen molar-refractivity contribution in [3.8, 4) is 28.0 Å². The van der Waals surface area contributed by atoms with Crippen LogP contribution >= 0.6 is 0 Å². The minimum Gasteiger partial charge on any atom is -0.423 e. The molecule has 27 heavy (non-hydrogen) atoms. The Kier molecular flexibility index (Phi) is 4.70. The van der Waals surface area contributed by atoms with Crippen LogP contribution in [0.4, 0.5) is 13.2 Å². The van der Waals surface area contributed by atoms with Gasteiger partial charge in [-0.15, -0.1) is 0 Å². The number of ether oxygens (including phenoxy) is 1. The van der Waals surface area contributed by atoms with E-state index in [4.69, 9.17) is 4.74 Å². The summed E-state index contributed by atoms with van der Waals surface area (Å²) in [5, 5.41) is 0. The largest absolute Gasteiger partial charge is 0.423 e. The van der Waals surface area contributed by atoms with E-state index in [0.29, 0.717) is 36.0 Å². The Morgan fingerprint density at radius 3 is 2.41 bits per heavy atom. The highest BCUT2D eigenvalue weighted by Gasteiger charge is 2.35. The van der Waals surface area contributed by atoms with Gasteiger partial charge in [0.15, 0.2) is 11.6 Å². The van der Waals surface area contributed by atoms with Crippen LogP contribution in [0.1, 0.15) is 51.0 Å². The van der Waals surface area contributed by atoms with E-state index in [1.807, 2.05) is 6.92 Å². The molecule has 0 atom stereocenters. The molecule has 2 aliphatic rings. The molecule has 2 aromatic carbocycles. The van der Waals surface area contributed by atoms with Crippen molar-refractivity contribution >= 4 is 5.97 Å². The van der Waals surface area contributed by atoms with E-state index < -0.39 is 29.2 Å². The zero-order valence-corrected chi connectivity index (χ0v) is 15.2. The second-order valence-electron chi connectivity index (χ2n) is 7.39. The average Bonchev–Trinajstić information content (AvgIpc) is 2.66. The number of carbonyl (C=O) groups excluding carboxylic acids is 1. The average molecular weight is 374 g/mol. The molecule has 1 fully saturated rings. The zero-order chi connectivity index (χ0) is 19.1. The fourth-order valence-corrected chi connectivity index (χ4v) is 4.15. The monoisotopic (exact) mass is 374 g/mol. The number of benzene rings is 2. The van der Waals surface area contributed by atoms with E-state index in [-0.39, 0.29) is 17.0 Å². The second kappa shape index (κ2) is 7.02. The summed E-state index contributed by atoms with van der Waals surface area (Å²) in [5.74, 6) is -4.08. The van der Waals surface area contributed by atoms with Crippen molar-refractivity contribution in [3.05, 3.63) is 41.2 Å². The van der Waals surface area contributed by atoms with Gasteiger partial charge in [-0.25, -0.2) is 8.78 Å². The van der Waals surface area contributed by atoms with E-state index in [2.05, 4.69) is 0 Å². The summed E-state index contributed by atoms with van der Waals surface area (Å²) in [6, 6.07) is 4.71. The first-order chi connectivity index (χ1) is 13.0. The molecule has 5 heteroatoms. The maximum atomic E-state index is 14.7. The minimum atomic E-state index is -1.23. The second-order valence-corrected chi connectivity index (χ2v) is 7.39. The summed E-state index contributed by atoms with van der Waals surface area (Å²) in [7, 11) is 0. The molecule has 0 heterocycles. The van der Waals surface area contributed by atoms with Crippen LogP contribution < -0.4 is 4.74 Å². The Morgan fingerprint density at radius 2 is 1.70 bits per heavy atom. The summed E-state index contributed by atoms with van der Waals surface area (Å²) < 4.78 is 49.0. The van der Waals surface area contributed by atoms with Crippen molar-refractivity contribution in [1.29, 1.82) is 0 Å². The SMILES string of the molecule is CCCc1ccc2c(c1F)-c1c-2cc(OC(=O)C2CCCCC2)c(F)c1F. The molecule has 0 aliphatic heterocycles. The highest BCUT2D eigenvalue weighted by molar-refractivity contribution is 6.03. The first kappa shape index (κ1) is 18.1. The van der Waals surface area contributed by atoms with Gasteiger partial charge in [0.05, 0.1) is 5.92 Å². The molecule has 4 rings (SSSR count). The lowest BCUT2D eigenvalue weighted by atomic mass is 9.78. The number of hydrogen-bond donors (Lipinski definition) is 0. The van der Waals surface area contributed by atoms with Gasteiger partial charge in [0.25, 0.3) is 0 Å². The number of aryl methyl sites for hydroxylation is 1. The van der Waals surface area contributed by atoms with Gasteiger partial charge in [-0.05, 0) is 42.0 Å². The molecular weight excluding hydrogens is 353 g/mol. The van der Waals surface area contributed by atoms with Crippen LogP contribution in [0.25, 0.3) is 22.3 Å². The fourth-order valence-electron chi connectivity index (χ4n) is 4.15. The van der Waals surface area contributed by atoms with Crippen LogP contribution in [0, 0.1) is 23.4 Å². The number of fused-ring (bicyclic) bond motifs is 4. The van der Waals surface area contributed by atoms with Crippen LogP contribution in [-0.4, -0.2) is 5.97 Å². The third-order valence-corrected chi connectivity index (χ3v) is 5.60.